The van der Waals surface area contributed by atoms with Crippen LogP contribution in [0.5, 0.6) is 0 Å². The highest BCUT2D eigenvalue weighted by Crippen LogP contribution is 2.06. The molecule has 0 aliphatic rings. The fourth-order valence-corrected chi connectivity index (χ4v) is 1.99. The lowest BCUT2D eigenvalue weighted by atomic mass is 10.2. The normalized spacial score (nSPS) is 15.8. The van der Waals surface area contributed by atoms with Gasteiger partial charge < -0.3 is 10.1 Å². The van der Waals surface area contributed by atoms with Crippen molar-refractivity contribution in [1.82, 2.24) is 5.32 Å². The van der Waals surface area contributed by atoms with Gasteiger partial charge in [-0.15, -0.1) is 0 Å². The maximum atomic E-state index is 11.4. The summed E-state index contributed by atoms with van der Waals surface area (Å²) in [6.45, 7) is 9.01. The quantitative estimate of drug-likeness (QED) is 0.828. The number of allylic oxidation sites excluding steroid dienone is 1. The molecule has 16 heavy (non-hydrogen) atoms. The van der Waals surface area contributed by atoms with E-state index in [9.17, 15) is 9.00 Å². The lowest BCUT2D eigenvalue weighted by Gasteiger charge is -2.21. The Hall–Kier alpha value is -0.840. The van der Waals surface area contributed by atoms with Crippen LogP contribution in [0, 0.1) is 0 Å². The minimum atomic E-state index is -1.04. The molecule has 0 rings (SSSR count). The molecule has 0 saturated heterocycles. The molecule has 1 amide bonds. The minimum Gasteiger partial charge on any atom is -0.444 e. The zero-order valence-corrected chi connectivity index (χ0v) is 11.4. The van der Waals surface area contributed by atoms with Crippen LogP contribution in [0.15, 0.2) is 11.5 Å². The van der Waals surface area contributed by atoms with Crippen molar-refractivity contribution in [2.45, 2.75) is 46.3 Å². The van der Waals surface area contributed by atoms with Gasteiger partial charge in [0.2, 0.25) is 0 Å². The first-order chi connectivity index (χ1) is 7.24. The van der Waals surface area contributed by atoms with Crippen LogP contribution < -0.4 is 5.32 Å². The third-order valence-corrected chi connectivity index (χ3v) is 2.87. The number of amides is 1. The van der Waals surface area contributed by atoms with Gasteiger partial charge in [-0.2, -0.15) is 0 Å². The monoisotopic (exact) mass is 247 g/mol. The Morgan fingerprint density at radius 2 is 2.06 bits per heavy atom. The highest BCUT2D eigenvalue weighted by Gasteiger charge is 2.18. The second kappa shape index (κ2) is 6.68. The zero-order valence-electron chi connectivity index (χ0n) is 10.6. The van der Waals surface area contributed by atoms with Gasteiger partial charge in [0.15, 0.2) is 0 Å². The number of hydrogen-bond acceptors (Lipinski definition) is 3. The molecule has 0 saturated carbocycles. The van der Waals surface area contributed by atoms with Gasteiger partial charge in [-0.3, -0.25) is 4.21 Å². The number of ether oxygens (including phenoxy) is 1. The number of carbonyl (C=O) groups excluding carboxylic acids is 1. The molecule has 0 bridgehead atoms. The van der Waals surface area contributed by atoms with Gasteiger partial charge in [0, 0.05) is 22.6 Å². The SMILES string of the molecule is C/C=C/[S@](=O)C[C@H](C)NC(=O)OC(C)(C)C. The van der Waals surface area contributed by atoms with Crippen molar-refractivity contribution in [1.29, 1.82) is 0 Å². The molecule has 4 nitrogen and oxygen atoms in total. The molecule has 0 aromatic rings. The van der Waals surface area contributed by atoms with E-state index in [0.29, 0.717) is 5.75 Å². The van der Waals surface area contributed by atoms with Crippen molar-refractivity contribution >= 4 is 16.9 Å². The topological polar surface area (TPSA) is 55.4 Å². The van der Waals surface area contributed by atoms with Crippen molar-refractivity contribution < 1.29 is 13.7 Å². The average molecular weight is 247 g/mol. The largest absolute Gasteiger partial charge is 0.444 e. The summed E-state index contributed by atoms with van der Waals surface area (Å²) in [5, 5.41) is 4.24. The molecule has 0 aromatic carbocycles. The Morgan fingerprint density at radius 1 is 1.50 bits per heavy atom. The van der Waals surface area contributed by atoms with E-state index in [1.165, 1.54) is 0 Å². The standard InChI is InChI=1S/C11H21NO3S/c1-6-7-16(14)8-9(2)12-10(13)15-11(3,4)5/h6-7,9H,8H2,1-5H3,(H,12,13)/b7-6+/t9-,16-/m0/s1. The summed E-state index contributed by atoms with van der Waals surface area (Å²) in [4.78, 5) is 11.4. The van der Waals surface area contributed by atoms with E-state index < -0.39 is 22.5 Å². The predicted molar refractivity (Wildman–Crippen MR) is 66.7 cm³/mol. The van der Waals surface area contributed by atoms with Crippen LogP contribution in [0.3, 0.4) is 0 Å². The first kappa shape index (κ1) is 15.2. The summed E-state index contributed by atoms with van der Waals surface area (Å²) in [5.74, 6) is 0.392. The lowest BCUT2D eigenvalue weighted by Crippen LogP contribution is -2.39. The highest BCUT2D eigenvalue weighted by atomic mass is 32.2. The second-order valence-electron chi connectivity index (χ2n) is 4.56. The van der Waals surface area contributed by atoms with Crippen LogP contribution >= 0.6 is 0 Å². The predicted octanol–water partition coefficient (Wildman–Crippen LogP) is 2.18. The summed E-state index contributed by atoms with van der Waals surface area (Å²) in [7, 11) is -1.04. The van der Waals surface area contributed by atoms with E-state index in [4.69, 9.17) is 4.74 Å². The summed E-state index contributed by atoms with van der Waals surface area (Å²) >= 11 is 0. The number of rotatable bonds is 4. The first-order valence-electron chi connectivity index (χ1n) is 5.24. The van der Waals surface area contributed by atoms with Gasteiger partial charge in [-0.1, -0.05) is 6.08 Å². The second-order valence-corrected chi connectivity index (χ2v) is 5.93. The molecule has 0 spiro atoms. The van der Waals surface area contributed by atoms with E-state index in [1.807, 2.05) is 6.92 Å². The Kier molecular flexibility index (Phi) is 6.33. The van der Waals surface area contributed by atoms with Crippen LogP contribution in [0.25, 0.3) is 0 Å². The maximum Gasteiger partial charge on any atom is 0.407 e. The molecule has 5 heteroatoms. The average Bonchev–Trinajstić information content (AvgIpc) is 1.98. The van der Waals surface area contributed by atoms with Gasteiger partial charge in [0.1, 0.15) is 5.60 Å². The Balaban J connectivity index is 4.01. The third-order valence-electron chi connectivity index (χ3n) is 1.47. The van der Waals surface area contributed by atoms with Crippen LogP contribution in [0.4, 0.5) is 4.79 Å². The van der Waals surface area contributed by atoms with Crippen molar-refractivity contribution in [3.05, 3.63) is 11.5 Å². The summed E-state index contributed by atoms with van der Waals surface area (Å²) < 4.78 is 16.4. The van der Waals surface area contributed by atoms with Crippen LogP contribution in [-0.2, 0) is 15.5 Å². The molecule has 0 radical (unpaired) electrons. The van der Waals surface area contributed by atoms with Gasteiger partial charge >= 0.3 is 6.09 Å². The Morgan fingerprint density at radius 3 is 2.50 bits per heavy atom. The van der Waals surface area contributed by atoms with E-state index in [1.54, 1.807) is 39.2 Å². The van der Waals surface area contributed by atoms with Gasteiger partial charge in [-0.05, 0) is 40.0 Å². The van der Waals surface area contributed by atoms with E-state index >= 15 is 0 Å². The van der Waals surface area contributed by atoms with E-state index in [0.717, 1.165) is 0 Å². The summed E-state index contributed by atoms with van der Waals surface area (Å²) in [6, 6.07) is -0.174. The summed E-state index contributed by atoms with van der Waals surface area (Å²) in [6.07, 6.45) is 1.26. The maximum absolute atomic E-state index is 11.4. The molecular formula is C11H21NO3S. The number of nitrogens with one attached hydrogen (secondary N) is 1. The number of hydrogen-bond donors (Lipinski definition) is 1. The molecule has 94 valence electrons. The van der Waals surface area contributed by atoms with Crippen LogP contribution in [0.2, 0.25) is 0 Å². The van der Waals surface area contributed by atoms with Gasteiger partial charge in [0.25, 0.3) is 0 Å². The fourth-order valence-electron chi connectivity index (χ4n) is 1.00. The highest BCUT2D eigenvalue weighted by molar-refractivity contribution is 7.88. The van der Waals surface area contributed by atoms with Crippen LogP contribution in [-0.4, -0.2) is 27.7 Å². The van der Waals surface area contributed by atoms with Gasteiger partial charge in [-0.25, -0.2) is 4.79 Å². The molecule has 1 N–H and O–H groups in total. The van der Waals surface area contributed by atoms with Crippen molar-refractivity contribution in [3.8, 4) is 0 Å². The summed E-state index contributed by atoms with van der Waals surface area (Å²) in [5.41, 5.74) is -0.508. The Labute approximate surface area is 99.9 Å². The van der Waals surface area contributed by atoms with E-state index in [-0.39, 0.29) is 6.04 Å². The van der Waals surface area contributed by atoms with Crippen molar-refractivity contribution in [3.63, 3.8) is 0 Å². The fraction of sp³-hybridized carbons (Fsp3) is 0.727. The first-order valence-corrected chi connectivity index (χ1v) is 6.62. The third kappa shape index (κ3) is 8.47. The molecule has 0 fully saturated rings. The lowest BCUT2D eigenvalue weighted by molar-refractivity contribution is 0.0513. The smallest absolute Gasteiger partial charge is 0.407 e. The minimum absolute atomic E-state index is 0.174. The van der Waals surface area contributed by atoms with E-state index in [2.05, 4.69) is 5.32 Å². The number of carbonyl (C=O) groups is 1. The van der Waals surface area contributed by atoms with Crippen LogP contribution in [0.1, 0.15) is 34.6 Å². The molecule has 0 heterocycles. The Bertz CT molecular complexity index is 281. The zero-order chi connectivity index (χ0) is 12.8. The molecule has 0 unspecified atom stereocenters. The molecule has 0 aromatic heterocycles. The molecule has 2 atom stereocenters. The molecule has 0 aliphatic carbocycles. The van der Waals surface area contributed by atoms with Crippen molar-refractivity contribution in [2.24, 2.45) is 0 Å². The van der Waals surface area contributed by atoms with Gasteiger partial charge in [0.05, 0.1) is 0 Å². The molecular weight excluding hydrogens is 226 g/mol. The van der Waals surface area contributed by atoms with Crippen molar-refractivity contribution in [2.75, 3.05) is 5.75 Å². The molecule has 0 aliphatic heterocycles. The number of alkyl carbamates (subject to hydrolysis) is 1.